The van der Waals surface area contributed by atoms with Crippen LogP contribution in [0.25, 0.3) is 22.0 Å². The summed E-state index contributed by atoms with van der Waals surface area (Å²) in [5.74, 6) is 0.549. The molecule has 0 atom stereocenters. The Morgan fingerprint density at radius 2 is 1.71 bits per heavy atom. The van der Waals surface area contributed by atoms with Gasteiger partial charge in [-0.3, -0.25) is 4.79 Å². The molecule has 0 aliphatic heterocycles. The molecular formula is C28H29BrN2O4. The fourth-order valence-electron chi connectivity index (χ4n) is 4.48. The van der Waals surface area contributed by atoms with Gasteiger partial charge in [-0.1, -0.05) is 40.2 Å². The highest BCUT2D eigenvalue weighted by Gasteiger charge is 2.20. The van der Waals surface area contributed by atoms with Gasteiger partial charge in [0.25, 0.3) is 5.91 Å². The van der Waals surface area contributed by atoms with E-state index in [9.17, 15) is 15.0 Å². The van der Waals surface area contributed by atoms with Crippen LogP contribution in [-0.2, 0) is 6.54 Å². The molecular weight excluding hydrogens is 508 g/mol. The fraction of sp³-hybridized carbons (Fsp3) is 0.250. The van der Waals surface area contributed by atoms with Gasteiger partial charge in [-0.2, -0.15) is 0 Å². The quantitative estimate of drug-likeness (QED) is 0.320. The molecule has 0 aliphatic rings. The Hall–Kier alpha value is -3.13. The molecule has 35 heavy (non-hydrogen) atoms. The number of fused-ring (bicyclic) bond motifs is 1. The van der Waals surface area contributed by atoms with Gasteiger partial charge in [0.1, 0.15) is 5.75 Å². The zero-order valence-electron chi connectivity index (χ0n) is 19.9. The first kappa shape index (κ1) is 25.0. The van der Waals surface area contributed by atoms with Gasteiger partial charge < -0.3 is 24.4 Å². The third-order valence-corrected chi connectivity index (χ3v) is 6.74. The molecule has 0 fully saturated rings. The lowest BCUT2D eigenvalue weighted by Gasteiger charge is -2.21. The second kappa shape index (κ2) is 11.1. The van der Waals surface area contributed by atoms with Crippen molar-refractivity contribution >= 4 is 32.7 Å². The van der Waals surface area contributed by atoms with Gasteiger partial charge in [0.15, 0.2) is 0 Å². The summed E-state index contributed by atoms with van der Waals surface area (Å²) in [6, 6.07) is 21.9. The molecule has 0 spiro atoms. The Kier molecular flexibility index (Phi) is 7.90. The number of hydrogen-bond donors (Lipinski definition) is 2. The Bertz CT molecular complexity index is 1330. The molecule has 7 heteroatoms. The first-order valence-electron chi connectivity index (χ1n) is 11.5. The zero-order chi connectivity index (χ0) is 24.9. The summed E-state index contributed by atoms with van der Waals surface area (Å²) in [5, 5.41) is 19.7. The maximum Gasteiger partial charge on any atom is 0.254 e. The van der Waals surface area contributed by atoms with E-state index in [1.54, 1.807) is 13.2 Å². The average Bonchev–Trinajstić information content (AvgIpc) is 3.15. The van der Waals surface area contributed by atoms with Crippen LogP contribution in [0.2, 0.25) is 0 Å². The Labute approximate surface area is 213 Å². The molecule has 1 amide bonds. The molecule has 6 nitrogen and oxygen atoms in total. The van der Waals surface area contributed by atoms with E-state index < -0.39 is 0 Å². The number of halogens is 1. The van der Waals surface area contributed by atoms with E-state index in [2.05, 4.69) is 45.6 Å². The lowest BCUT2D eigenvalue weighted by molar-refractivity contribution is 0.0685. The molecule has 1 aromatic heterocycles. The first-order valence-corrected chi connectivity index (χ1v) is 12.3. The molecule has 0 bridgehead atoms. The van der Waals surface area contributed by atoms with E-state index in [1.165, 1.54) is 10.5 Å². The molecule has 0 radical (unpaired) electrons. The highest BCUT2D eigenvalue weighted by atomic mass is 79.9. The van der Waals surface area contributed by atoms with Gasteiger partial charge in [0.05, 0.1) is 20.3 Å². The maximum atomic E-state index is 13.1. The molecule has 0 saturated heterocycles. The number of ether oxygens (including phenoxy) is 1. The molecule has 0 unspecified atom stereocenters. The van der Waals surface area contributed by atoms with Gasteiger partial charge in [-0.15, -0.1) is 0 Å². The van der Waals surface area contributed by atoms with Crippen LogP contribution in [0.5, 0.6) is 5.75 Å². The van der Waals surface area contributed by atoms with E-state index in [0.29, 0.717) is 12.1 Å². The van der Waals surface area contributed by atoms with Gasteiger partial charge in [0.2, 0.25) is 0 Å². The summed E-state index contributed by atoms with van der Waals surface area (Å²) in [4.78, 5) is 14.6. The number of carbonyl (C=O) groups is 1. The lowest BCUT2D eigenvalue weighted by Crippen LogP contribution is -2.35. The highest BCUT2D eigenvalue weighted by molar-refractivity contribution is 9.10. The van der Waals surface area contributed by atoms with Crippen molar-refractivity contribution in [3.05, 3.63) is 88.0 Å². The first-order chi connectivity index (χ1) is 17.0. The minimum Gasteiger partial charge on any atom is -0.497 e. The Balaban J connectivity index is 1.83. The summed E-state index contributed by atoms with van der Waals surface area (Å²) < 4.78 is 8.84. The Morgan fingerprint density at radius 1 is 1.00 bits per heavy atom. The number of carbonyl (C=O) groups excluding carboxylic acids is 1. The molecule has 0 saturated carbocycles. The van der Waals surface area contributed by atoms with E-state index in [1.807, 2.05) is 42.5 Å². The standard InChI is InChI=1S/C28H29BrN2O4/c1-19-27(21-4-3-5-22(16-21)28(34)30(12-14-32)13-15-33)25-17-24(35-2)10-11-26(25)31(19)18-20-6-8-23(29)9-7-20/h3-11,16-17,32-33H,12-15,18H2,1-2H3. The second-order valence-corrected chi connectivity index (χ2v) is 9.29. The number of amides is 1. The number of benzene rings is 3. The predicted molar refractivity (Wildman–Crippen MR) is 142 cm³/mol. The lowest BCUT2D eigenvalue weighted by atomic mass is 9.99. The molecule has 182 valence electrons. The van der Waals surface area contributed by atoms with Crippen molar-refractivity contribution < 1.29 is 19.7 Å². The summed E-state index contributed by atoms with van der Waals surface area (Å²) in [6.45, 7) is 2.83. The van der Waals surface area contributed by atoms with Crippen molar-refractivity contribution in [1.29, 1.82) is 0 Å². The molecule has 2 N–H and O–H groups in total. The predicted octanol–water partition coefficient (Wildman–Crippen LogP) is 4.86. The summed E-state index contributed by atoms with van der Waals surface area (Å²) >= 11 is 3.50. The number of rotatable bonds is 9. The van der Waals surface area contributed by atoms with Crippen LogP contribution in [0.4, 0.5) is 0 Å². The molecule has 1 heterocycles. The van der Waals surface area contributed by atoms with Crippen LogP contribution in [0.1, 0.15) is 21.6 Å². The van der Waals surface area contributed by atoms with Crippen LogP contribution < -0.4 is 4.74 Å². The van der Waals surface area contributed by atoms with Crippen molar-refractivity contribution in [3.8, 4) is 16.9 Å². The van der Waals surface area contributed by atoms with Gasteiger partial charge in [0, 0.05) is 51.8 Å². The van der Waals surface area contributed by atoms with E-state index in [0.717, 1.165) is 37.9 Å². The number of aromatic nitrogens is 1. The second-order valence-electron chi connectivity index (χ2n) is 8.38. The number of methoxy groups -OCH3 is 1. The van der Waals surface area contributed by atoms with Crippen LogP contribution in [0.15, 0.2) is 71.2 Å². The molecule has 0 aliphatic carbocycles. The van der Waals surface area contributed by atoms with Crippen molar-refractivity contribution in [2.24, 2.45) is 0 Å². The van der Waals surface area contributed by atoms with E-state index in [-0.39, 0.29) is 32.2 Å². The van der Waals surface area contributed by atoms with Crippen LogP contribution >= 0.6 is 15.9 Å². The van der Waals surface area contributed by atoms with Crippen LogP contribution in [0, 0.1) is 6.92 Å². The van der Waals surface area contributed by atoms with Crippen LogP contribution in [-0.4, -0.2) is 59.0 Å². The minimum atomic E-state index is -0.219. The topological polar surface area (TPSA) is 74.9 Å². The normalized spacial score (nSPS) is 11.1. The van der Waals surface area contributed by atoms with E-state index >= 15 is 0 Å². The number of nitrogens with zero attached hydrogens (tertiary/aromatic N) is 2. The van der Waals surface area contributed by atoms with E-state index in [4.69, 9.17) is 4.74 Å². The fourth-order valence-corrected chi connectivity index (χ4v) is 4.74. The van der Waals surface area contributed by atoms with Gasteiger partial charge >= 0.3 is 0 Å². The molecule has 4 aromatic rings. The third-order valence-electron chi connectivity index (χ3n) is 6.21. The third kappa shape index (κ3) is 5.27. The van der Waals surface area contributed by atoms with Gasteiger partial charge in [-0.05, 0) is 60.5 Å². The monoisotopic (exact) mass is 536 g/mol. The van der Waals surface area contributed by atoms with Gasteiger partial charge in [-0.25, -0.2) is 0 Å². The Morgan fingerprint density at radius 3 is 2.37 bits per heavy atom. The largest absolute Gasteiger partial charge is 0.497 e. The summed E-state index contributed by atoms with van der Waals surface area (Å²) in [6.07, 6.45) is 0. The smallest absolute Gasteiger partial charge is 0.254 e. The number of hydrogen-bond acceptors (Lipinski definition) is 4. The average molecular weight is 537 g/mol. The number of aliphatic hydroxyl groups excluding tert-OH is 2. The zero-order valence-corrected chi connectivity index (χ0v) is 21.5. The number of aliphatic hydroxyl groups is 2. The summed E-state index contributed by atoms with van der Waals surface area (Å²) in [7, 11) is 1.66. The van der Waals surface area contributed by atoms with Crippen molar-refractivity contribution in [3.63, 3.8) is 0 Å². The van der Waals surface area contributed by atoms with Crippen molar-refractivity contribution in [1.82, 2.24) is 9.47 Å². The molecule has 4 rings (SSSR count). The highest BCUT2D eigenvalue weighted by Crippen LogP contribution is 2.37. The van der Waals surface area contributed by atoms with Crippen molar-refractivity contribution in [2.45, 2.75) is 13.5 Å². The summed E-state index contributed by atoms with van der Waals surface area (Å²) in [5.41, 5.74) is 5.84. The maximum absolute atomic E-state index is 13.1. The van der Waals surface area contributed by atoms with Crippen molar-refractivity contribution in [2.75, 3.05) is 33.4 Å². The van der Waals surface area contributed by atoms with Crippen LogP contribution in [0.3, 0.4) is 0 Å². The SMILES string of the molecule is COc1ccc2c(c1)c(-c1cccc(C(=O)N(CCO)CCO)c1)c(C)n2Cc1ccc(Br)cc1. The minimum absolute atomic E-state index is 0.159. The molecule has 3 aromatic carbocycles.